The first kappa shape index (κ1) is 12.5. The summed E-state index contributed by atoms with van der Waals surface area (Å²) in [6, 6.07) is 8.76. The molecule has 3 heteroatoms. The summed E-state index contributed by atoms with van der Waals surface area (Å²) < 4.78 is 6.05. The van der Waals surface area contributed by atoms with Crippen molar-refractivity contribution in [2.75, 3.05) is 26.0 Å². The predicted molar refractivity (Wildman–Crippen MR) is 76.3 cm³/mol. The van der Waals surface area contributed by atoms with Crippen LogP contribution >= 0.6 is 11.8 Å². The minimum Gasteiger partial charge on any atom is -0.378 e. The van der Waals surface area contributed by atoms with E-state index in [2.05, 4.69) is 29.6 Å². The number of benzene rings is 1. The molecule has 1 atom stereocenters. The van der Waals surface area contributed by atoms with E-state index in [1.54, 1.807) is 0 Å². The fourth-order valence-electron chi connectivity index (χ4n) is 2.89. The largest absolute Gasteiger partial charge is 0.378 e. The Hall–Kier alpha value is -0.510. The maximum Gasteiger partial charge on any atom is 0.0581 e. The Bertz CT molecular complexity index is 403. The fourth-order valence-corrected chi connectivity index (χ4v) is 4.12. The van der Waals surface area contributed by atoms with Crippen molar-refractivity contribution in [2.24, 2.45) is 5.92 Å². The highest BCUT2D eigenvalue weighted by Gasteiger charge is 2.31. The molecule has 18 heavy (non-hydrogen) atoms. The summed E-state index contributed by atoms with van der Waals surface area (Å²) in [5.74, 6) is 2.63. The van der Waals surface area contributed by atoms with Crippen LogP contribution in [0.2, 0.25) is 0 Å². The van der Waals surface area contributed by atoms with Crippen molar-refractivity contribution in [3.05, 3.63) is 29.8 Å². The summed E-state index contributed by atoms with van der Waals surface area (Å²) in [6.07, 6.45) is 2.99. The maximum absolute atomic E-state index is 6.05. The third-order valence-electron chi connectivity index (χ3n) is 4.02. The lowest BCUT2D eigenvalue weighted by molar-refractivity contribution is -0.0334. The molecule has 1 aliphatic carbocycles. The highest BCUT2D eigenvalue weighted by molar-refractivity contribution is 7.99. The Balaban J connectivity index is 1.46. The zero-order chi connectivity index (χ0) is 12.4. The lowest BCUT2D eigenvalue weighted by Gasteiger charge is -2.35. The van der Waals surface area contributed by atoms with Crippen LogP contribution in [0.4, 0.5) is 0 Å². The van der Waals surface area contributed by atoms with Gasteiger partial charge in [-0.1, -0.05) is 18.2 Å². The van der Waals surface area contributed by atoms with E-state index in [-0.39, 0.29) is 0 Å². The zero-order valence-electron chi connectivity index (χ0n) is 10.9. The first-order valence-electron chi connectivity index (χ1n) is 6.84. The third-order valence-corrected chi connectivity index (χ3v) is 5.27. The standard InChI is InChI=1S/C15H21NOS/c1-16-8-11-6-13(7-11)17-9-12-10-18-15-5-3-2-4-14(12)15/h2-5,11-13,16H,6-10H2,1H3. The first-order valence-corrected chi connectivity index (χ1v) is 7.83. The topological polar surface area (TPSA) is 21.3 Å². The molecule has 1 unspecified atom stereocenters. The number of fused-ring (bicyclic) bond motifs is 1. The van der Waals surface area contributed by atoms with E-state index in [9.17, 15) is 0 Å². The molecule has 1 heterocycles. The van der Waals surface area contributed by atoms with Crippen LogP contribution in [-0.2, 0) is 4.74 Å². The molecule has 1 fully saturated rings. The summed E-state index contributed by atoms with van der Waals surface area (Å²) in [5, 5.41) is 3.24. The molecule has 1 saturated carbocycles. The van der Waals surface area contributed by atoms with Crippen molar-refractivity contribution in [1.29, 1.82) is 0 Å². The number of rotatable bonds is 5. The average Bonchev–Trinajstić information content (AvgIpc) is 2.75. The molecule has 0 saturated heterocycles. The Morgan fingerprint density at radius 2 is 2.17 bits per heavy atom. The molecule has 1 aromatic rings. The number of ether oxygens (including phenoxy) is 1. The fraction of sp³-hybridized carbons (Fsp3) is 0.600. The Labute approximate surface area is 113 Å². The van der Waals surface area contributed by atoms with Crippen molar-refractivity contribution >= 4 is 11.8 Å². The monoisotopic (exact) mass is 263 g/mol. The summed E-state index contributed by atoms with van der Waals surface area (Å²) in [6.45, 7) is 2.04. The number of nitrogens with one attached hydrogen (secondary N) is 1. The number of hydrogen-bond donors (Lipinski definition) is 1. The SMILES string of the molecule is CNCC1CC(OCC2CSc3ccccc32)C1. The highest BCUT2D eigenvalue weighted by Crippen LogP contribution is 2.40. The van der Waals surface area contributed by atoms with Crippen LogP contribution in [0, 0.1) is 5.92 Å². The van der Waals surface area contributed by atoms with Crippen molar-refractivity contribution in [1.82, 2.24) is 5.32 Å². The molecule has 3 rings (SSSR count). The van der Waals surface area contributed by atoms with Gasteiger partial charge >= 0.3 is 0 Å². The van der Waals surface area contributed by atoms with Crippen molar-refractivity contribution in [3.63, 3.8) is 0 Å². The summed E-state index contributed by atoms with van der Waals surface area (Å²) in [7, 11) is 2.03. The first-order chi connectivity index (χ1) is 8.86. The second-order valence-corrected chi connectivity index (χ2v) is 6.46. The quantitative estimate of drug-likeness (QED) is 0.882. The highest BCUT2D eigenvalue weighted by atomic mass is 32.2. The van der Waals surface area contributed by atoms with Gasteiger partial charge in [0, 0.05) is 16.6 Å². The van der Waals surface area contributed by atoms with Gasteiger partial charge in [-0.2, -0.15) is 0 Å². The van der Waals surface area contributed by atoms with Gasteiger partial charge in [-0.15, -0.1) is 11.8 Å². The number of thioether (sulfide) groups is 1. The lowest BCUT2D eigenvalue weighted by atomic mass is 9.82. The molecule has 0 bridgehead atoms. The molecule has 2 aliphatic rings. The summed E-state index contributed by atoms with van der Waals surface area (Å²) in [5.41, 5.74) is 1.49. The molecule has 1 aliphatic heterocycles. The summed E-state index contributed by atoms with van der Waals surface area (Å²) in [4.78, 5) is 1.45. The molecular weight excluding hydrogens is 242 g/mol. The van der Waals surface area contributed by atoms with Crippen LogP contribution in [0.5, 0.6) is 0 Å². The zero-order valence-corrected chi connectivity index (χ0v) is 11.7. The number of hydrogen-bond acceptors (Lipinski definition) is 3. The van der Waals surface area contributed by atoms with Gasteiger partial charge < -0.3 is 10.1 Å². The molecule has 1 aromatic carbocycles. The van der Waals surface area contributed by atoms with Crippen LogP contribution in [0.3, 0.4) is 0 Å². The van der Waals surface area contributed by atoms with Gasteiger partial charge in [0.2, 0.25) is 0 Å². The Morgan fingerprint density at radius 1 is 1.33 bits per heavy atom. The van der Waals surface area contributed by atoms with E-state index < -0.39 is 0 Å². The molecule has 2 nitrogen and oxygen atoms in total. The minimum absolute atomic E-state index is 0.515. The third kappa shape index (κ3) is 2.58. The van der Waals surface area contributed by atoms with E-state index in [0.717, 1.165) is 19.1 Å². The van der Waals surface area contributed by atoms with E-state index >= 15 is 0 Å². The van der Waals surface area contributed by atoms with E-state index in [1.165, 1.54) is 29.1 Å². The van der Waals surface area contributed by atoms with E-state index in [4.69, 9.17) is 4.74 Å². The van der Waals surface area contributed by atoms with Gasteiger partial charge in [-0.25, -0.2) is 0 Å². The van der Waals surface area contributed by atoms with Gasteiger partial charge in [-0.05, 0) is 44.0 Å². The van der Waals surface area contributed by atoms with Crippen molar-refractivity contribution < 1.29 is 4.74 Å². The molecular formula is C15H21NOS. The molecule has 0 aromatic heterocycles. The van der Waals surface area contributed by atoms with Crippen LogP contribution in [0.1, 0.15) is 24.3 Å². The van der Waals surface area contributed by atoms with Crippen molar-refractivity contribution in [3.8, 4) is 0 Å². The van der Waals surface area contributed by atoms with Gasteiger partial charge in [0.25, 0.3) is 0 Å². The van der Waals surface area contributed by atoms with Gasteiger partial charge in [0.1, 0.15) is 0 Å². The average molecular weight is 263 g/mol. The van der Waals surface area contributed by atoms with Crippen LogP contribution in [0.15, 0.2) is 29.2 Å². The smallest absolute Gasteiger partial charge is 0.0581 e. The van der Waals surface area contributed by atoms with Crippen LogP contribution in [-0.4, -0.2) is 32.1 Å². The molecule has 0 radical (unpaired) electrons. The second-order valence-electron chi connectivity index (χ2n) is 5.40. The lowest BCUT2D eigenvalue weighted by Crippen LogP contribution is -2.37. The Morgan fingerprint density at radius 3 is 3.00 bits per heavy atom. The minimum atomic E-state index is 0.515. The second kappa shape index (κ2) is 5.64. The molecule has 0 spiro atoms. The van der Waals surface area contributed by atoms with Crippen molar-refractivity contribution in [2.45, 2.75) is 29.8 Å². The maximum atomic E-state index is 6.05. The van der Waals surface area contributed by atoms with Crippen LogP contribution in [0.25, 0.3) is 0 Å². The van der Waals surface area contributed by atoms with Crippen LogP contribution < -0.4 is 5.32 Å². The predicted octanol–water partition coefficient (Wildman–Crippen LogP) is 2.89. The van der Waals surface area contributed by atoms with Gasteiger partial charge in [0.15, 0.2) is 0 Å². The van der Waals surface area contributed by atoms with E-state index in [1.807, 2.05) is 18.8 Å². The molecule has 0 amide bonds. The normalized spacial score (nSPS) is 29.9. The molecule has 1 N–H and O–H groups in total. The van der Waals surface area contributed by atoms with E-state index in [0.29, 0.717) is 12.0 Å². The summed E-state index contributed by atoms with van der Waals surface area (Å²) >= 11 is 1.97. The molecule has 98 valence electrons. The van der Waals surface area contributed by atoms with Gasteiger partial charge in [-0.3, -0.25) is 0 Å². The Kier molecular flexibility index (Phi) is 3.92. The van der Waals surface area contributed by atoms with Gasteiger partial charge in [0.05, 0.1) is 12.7 Å².